The first-order valence-corrected chi connectivity index (χ1v) is 9.92. The number of phenolic OH excluding ortho intramolecular Hbond substituents is 2. The molecule has 0 heterocycles. The molecule has 0 bridgehead atoms. The van der Waals surface area contributed by atoms with Crippen LogP contribution in [-0.2, 0) is 6.42 Å². The van der Waals surface area contributed by atoms with Crippen LogP contribution in [0.3, 0.4) is 0 Å². The second kappa shape index (κ2) is 13.6. The SMILES string of the molecule is CCCCC=CCCCCCCCCCc1cc(OC)cc(O)c1O. The zero-order chi connectivity index (χ0) is 18.3. The molecule has 3 nitrogen and oxygen atoms in total. The molecule has 0 aromatic heterocycles. The maximum Gasteiger partial charge on any atom is 0.161 e. The summed E-state index contributed by atoms with van der Waals surface area (Å²) < 4.78 is 5.13. The number of aryl methyl sites for hydroxylation is 1. The van der Waals surface area contributed by atoms with Gasteiger partial charge in [0.1, 0.15) is 5.75 Å². The van der Waals surface area contributed by atoms with Gasteiger partial charge in [-0.05, 0) is 38.2 Å². The number of phenols is 2. The van der Waals surface area contributed by atoms with Crippen molar-refractivity contribution < 1.29 is 14.9 Å². The predicted molar refractivity (Wildman–Crippen MR) is 106 cm³/mol. The first kappa shape index (κ1) is 21.4. The van der Waals surface area contributed by atoms with Crippen LogP contribution >= 0.6 is 0 Å². The van der Waals surface area contributed by atoms with Crippen molar-refractivity contribution in [1.29, 1.82) is 0 Å². The molecule has 0 radical (unpaired) electrons. The molecule has 0 aliphatic carbocycles. The van der Waals surface area contributed by atoms with E-state index in [9.17, 15) is 10.2 Å². The second-order valence-corrected chi connectivity index (χ2v) is 6.78. The average Bonchev–Trinajstić information content (AvgIpc) is 2.62. The Kier molecular flexibility index (Phi) is 11.7. The van der Waals surface area contributed by atoms with Gasteiger partial charge in [0.25, 0.3) is 0 Å². The Bertz CT molecular complexity index is 494. The molecular formula is C22H36O3. The summed E-state index contributed by atoms with van der Waals surface area (Å²) in [6.45, 7) is 2.23. The first-order chi connectivity index (χ1) is 12.2. The molecule has 3 heteroatoms. The summed E-state index contributed by atoms with van der Waals surface area (Å²) in [5.74, 6) is 0.486. The second-order valence-electron chi connectivity index (χ2n) is 6.78. The molecule has 25 heavy (non-hydrogen) atoms. The normalized spacial score (nSPS) is 11.3. The summed E-state index contributed by atoms with van der Waals surface area (Å²) in [7, 11) is 1.57. The Morgan fingerprint density at radius 2 is 1.44 bits per heavy atom. The van der Waals surface area contributed by atoms with Gasteiger partial charge in [-0.3, -0.25) is 0 Å². The fourth-order valence-electron chi connectivity index (χ4n) is 2.98. The molecule has 0 saturated heterocycles. The first-order valence-electron chi connectivity index (χ1n) is 9.92. The van der Waals surface area contributed by atoms with Crippen molar-refractivity contribution in [3.8, 4) is 17.2 Å². The summed E-state index contributed by atoms with van der Waals surface area (Å²) in [5, 5.41) is 19.6. The van der Waals surface area contributed by atoms with E-state index in [0.29, 0.717) is 5.75 Å². The Morgan fingerprint density at radius 1 is 0.840 bits per heavy atom. The van der Waals surface area contributed by atoms with E-state index in [1.807, 2.05) is 6.07 Å². The van der Waals surface area contributed by atoms with Crippen LogP contribution in [0.5, 0.6) is 17.2 Å². The van der Waals surface area contributed by atoms with Gasteiger partial charge in [0.2, 0.25) is 0 Å². The summed E-state index contributed by atoms with van der Waals surface area (Å²) in [6, 6.07) is 3.25. The van der Waals surface area contributed by atoms with Crippen LogP contribution in [0.15, 0.2) is 24.3 Å². The third-order valence-electron chi connectivity index (χ3n) is 4.59. The molecule has 0 spiro atoms. The van der Waals surface area contributed by atoms with Gasteiger partial charge in [-0.1, -0.05) is 64.0 Å². The van der Waals surface area contributed by atoms with Crippen molar-refractivity contribution in [3.05, 3.63) is 29.8 Å². The highest BCUT2D eigenvalue weighted by atomic mass is 16.5. The fourth-order valence-corrected chi connectivity index (χ4v) is 2.98. The number of hydrogen-bond donors (Lipinski definition) is 2. The minimum Gasteiger partial charge on any atom is -0.504 e. The van der Waals surface area contributed by atoms with Crippen LogP contribution in [0, 0.1) is 0 Å². The van der Waals surface area contributed by atoms with Crippen molar-refractivity contribution in [3.63, 3.8) is 0 Å². The summed E-state index contributed by atoms with van der Waals surface area (Å²) >= 11 is 0. The Balaban J connectivity index is 2.04. The van der Waals surface area contributed by atoms with Gasteiger partial charge in [0.15, 0.2) is 11.5 Å². The summed E-state index contributed by atoms with van der Waals surface area (Å²) in [5.41, 5.74) is 0.770. The lowest BCUT2D eigenvalue weighted by molar-refractivity contribution is 0.381. The highest BCUT2D eigenvalue weighted by Crippen LogP contribution is 2.34. The Morgan fingerprint density at radius 3 is 2.08 bits per heavy atom. The van der Waals surface area contributed by atoms with Gasteiger partial charge in [-0.2, -0.15) is 0 Å². The smallest absolute Gasteiger partial charge is 0.161 e. The van der Waals surface area contributed by atoms with Crippen molar-refractivity contribution >= 4 is 0 Å². The predicted octanol–water partition coefficient (Wildman–Crippen LogP) is 6.52. The fraction of sp³-hybridized carbons (Fsp3) is 0.636. The summed E-state index contributed by atoms with van der Waals surface area (Å²) in [4.78, 5) is 0. The zero-order valence-electron chi connectivity index (χ0n) is 16.1. The average molecular weight is 349 g/mol. The number of methoxy groups -OCH3 is 1. The molecule has 0 unspecified atom stereocenters. The third kappa shape index (κ3) is 9.42. The quantitative estimate of drug-likeness (QED) is 0.229. The molecule has 0 amide bonds. The van der Waals surface area contributed by atoms with Crippen molar-refractivity contribution in [2.45, 2.75) is 84.0 Å². The standard InChI is InChI=1S/C22H36O3/c1-3-4-5-6-7-8-9-10-11-12-13-14-15-16-19-17-20(25-2)18-21(23)22(19)24/h6-7,17-18,23-24H,3-5,8-16H2,1-2H3. The third-order valence-corrected chi connectivity index (χ3v) is 4.59. The number of hydrogen-bond acceptors (Lipinski definition) is 3. The summed E-state index contributed by atoms with van der Waals surface area (Å²) in [6.07, 6.45) is 19.1. The maximum atomic E-state index is 9.90. The minimum absolute atomic E-state index is 0.00667. The molecule has 0 atom stereocenters. The van der Waals surface area contributed by atoms with Crippen molar-refractivity contribution in [1.82, 2.24) is 0 Å². The number of benzene rings is 1. The van der Waals surface area contributed by atoms with Gasteiger partial charge < -0.3 is 14.9 Å². The molecule has 0 aliphatic heterocycles. The van der Waals surface area contributed by atoms with Gasteiger partial charge >= 0.3 is 0 Å². The number of rotatable bonds is 14. The van der Waals surface area contributed by atoms with Gasteiger partial charge in [0, 0.05) is 11.6 Å². The van der Waals surface area contributed by atoms with Crippen LogP contribution in [0.25, 0.3) is 0 Å². The number of aromatic hydroxyl groups is 2. The van der Waals surface area contributed by atoms with Gasteiger partial charge in [0.05, 0.1) is 7.11 Å². The van der Waals surface area contributed by atoms with E-state index in [1.165, 1.54) is 63.9 Å². The highest BCUT2D eigenvalue weighted by Gasteiger charge is 2.09. The Hall–Kier alpha value is -1.64. The molecule has 142 valence electrons. The lowest BCUT2D eigenvalue weighted by Crippen LogP contribution is -1.91. The van der Waals surface area contributed by atoms with Crippen molar-refractivity contribution in [2.75, 3.05) is 7.11 Å². The van der Waals surface area contributed by atoms with E-state index in [1.54, 1.807) is 7.11 Å². The number of unbranched alkanes of at least 4 members (excludes halogenated alkanes) is 9. The van der Waals surface area contributed by atoms with Crippen LogP contribution in [0.2, 0.25) is 0 Å². The van der Waals surface area contributed by atoms with E-state index < -0.39 is 0 Å². The largest absolute Gasteiger partial charge is 0.504 e. The zero-order valence-corrected chi connectivity index (χ0v) is 16.1. The van der Waals surface area contributed by atoms with Crippen LogP contribution < -0.4 is 4.74 Å². The monoisotopic (exact) mass is 348 g/mol. The van der Waals surface area contributed by atoms with Gasteiger partial charge in [-0.25, -0.2) is 0 Å². The lowest BCUT2D eigenvalue weighted by atomic mass is 10.0. The lowest BCUT2D eigenvalue weighted by Gasteiger charge is -2.09. The van der Waals surface area contributed by atoms with Crippen LogP contribution in [0.1, 0.15) is 83.1 Å². The molecule has 0 saturated carbocycles. The number of allylic oxidation sites excluding steroid dienone is 2. The van der Waals surface area contributed by atoms with E-state index in [4.69, 9.17) is 4.74 Å². The van der Waals surface area contributed by atoms with Crippen LogP contribution in [0.4, 0.5) is 0 Å². The molecular weight excluding hydrogens is 312 g/mol. The molecule has 0 aliphatic rings. The van der Waals surface area contributed by atoms with E-state index in [0.717, 1.165) is 24.8 Å². The van der Waals surface area contributed by atoms with E-state index >= 15 is 0 Å². The van der Waals surface area contributed by atoms with Gasteiger partial charge in [-0.15, -0.1) is 0 Å². The molecule has 1 rings (SSSR count). The van der Waals surface area contributed by atoms with E-state index in [-0.39, 0.29) is 11.5 Å². The maximum absolute atomic E-state index is 9.90. The molecule has 1 aromatic rings. The minimum atomic E-state index is -0.0990. The highest BCUT2D eigenvalue weighted by molar-refractivity contribution is 5.50. The van der Waals surface area contributed by atoms with E-state index in [2.05, 4.69) is 19.1 Å². The number of ether oxygens (including phenoxy) is 1. The Labute approximate surface area is 153 Å². The molecule has 2 N–H and O–H groups in total. The molecule has 1 aromatic carbocycles. The van der Waals surface area contributed by atoms with Crippen molar-refractivity contribution in [2.24, 2.45) is 0 Å². The molecule has 0 fully saturated rings. The van der Waals surface area contributed by atoms with Crippen LogP contribution in [-0.4, -0.2) is 17.3 Å². The topological polar surface area (TPSA) is 49.7 Å².